The van der Waals surface area contributed by atoms with Crippen LogP contribution in [0.3, 0.4) is 0 Å². The number of aromatic nitrogens is 1. The van der Waals surface area contributed by atoms with Gasteiger partial charge in [0.2, 0.25) is 0 Å². The van der Waals surface area contributed by atoms with E-state index in [2.05, 4.69) is 4.90 Å². The van der Waals surface area contributed by atoms with Gasteiger partial charge < -0.3 is 14.2 Å². The zero-order chi connectivity index (χ0) is 23.9. The van der Waals surface area contributed by atoms with Gasteiger partial charge in [0.15, 0.2) is 5.13 Å². The van der Waals surface area contributed by atoms with Gasteiger partial charge in [-0.3, -0.25) is 14.6 Å². The molecule has 0 radical (unpaired) electrons. The second-order valence-electron chi connectivity index (χ2n) is 7.87. The van der Waals surface area contributed by atoms with Crippen molar-refractivity contribution in [2.24, 2.45) is 0 Å². The number of anilines is 1. The summed E-state index contributed by atoms with van der Waals surface area (Å²) in [5, 5.41) is 0.631. The van der Waals surface area contributed by atoms with Crippen molar-refractivity contribution in [1.82, 2.24) is 9.88 Å². The maximum absolute atomic E-state index is 13.6. The van der Waals surface area contributed by atoms with Crippen LogP contribution in [-0.4, -0.2) is 74.9 Å². The number of benzene rings is 2. The Morgan fingerprint density at radius 1 is 1.12 bits per heavy atom. The highest BCUT2D eigenvalue weighted by Gasteiger charge is 2.23. The lowest BCUT2D eigenvalue weighted by Gasteiger charge is -2.27. The monoisotopic (exact) mass is 483 g/mol. The number of hydrogen-bond acceptors (Lipinski definition) is 8. The van der Waals surface area contributed by atoms with Crippen LogP contribution in [0.5, 0.6) is 5.75 Å². The van der Waals surface area contributed by atoms with Gasteiger partial charge in [-0.1, -0.05) is 17.4 Å². The highest BCUT2D eigenvalue weighted by molar-refractivity contribution is 7.22. The lowest BCUT2D eigenvalue weighted by Crippen LogP contribution is -2.39. The number of carbonyl (C=O) groups excluding carboxylic acids is 2. The Kier molecular flexibility index (Phi) is 8.10. The summed E-state index contributed by atoms with van der Waals surface area (Å²) < 4.78 is 16.9. The second kappa shape index (κ2) is 11.4. The molecule has 34 heavy (non-hydrogen) atoms. The number of para-hydroxylation sites is 1. The molecule has 1 fully saturated rings. The van der Waals surface area contributed by atoms with E-state index in [0.717, 1.165) is 49.5 Å². The summed E-state index contributed by atoms with van der Waals surface area (Å²) in [4.78, 5) is 34.2. The third-order valence-corrected chi connectivity index (χ3v) is 6.70. The normalized spacial score (nSPS) is 14.2. The van der Waals surface area contributed by atoms with Crippen molar-refractivity contribution in [1.29, 1.82) is 0 Å². The topological polar surface area (TPSA) is 81.2 Å². The Bertz CT molecular complexity index is 1130. The molecule has 2 heterocycles. The summed E-state index contributed by atoms with van der Waals surface area (Å²) in [6.07, 6.45) is 0.806. The Labute approximate surface area is 203 Å². The molecule has 8 nitrogen and oxygen atoms in total. The average molecular weight is 484 g/mol. The zero-order valence-electron chi connectivity index (χ0n) is 19.5. The average Bonchev–Trinajstić information content (AvgIpc) is 3.31. The quantitative estimate of drug-likeness (QED) is 0.428. The van der Waals surface area contributed by atoms with E-state index >= 15 is 0 Å². The summed E-state index contributed by atoms with van der Waals surface area (Å²) in [5.41, 5.74) is 1.65. The van der Waals surface area contributed by atoms with E-state index in [-0.39, 0.29) is 5.91 Å². The Morgan fingerprint density at radius 2 is 1.85 bits per heavy atom. The van der Waals surface area contributed by atoms with Crippen LogP contribution in [0.15, 0.2) is 42.5 Å². The summed E-state index contributed by atoms with van der Waals surface area (Å²) in [6.45, 7) is 7.18. The molecule has 1 amide bonds. The van der Waals surface area contributed by atoms with Gasteiger partial charge in [-0.25, -0.2) is 9.78 Å². The van der Waals surface area contributed by atoms with E-state index < -0.39 is 5.97 Å². The Hall–Kier alpha value is -3.01. The molecule has 0 saturated carbocycles. The molecular weight excluding hydrogens is 454 g/mol. The molecule has 180 valence electrons. The van der Waals surface area contributed by atoms with Gasteiger partial charge in [-0.15, -0.1) is 0 Å². The molecule has 4 rings (SSSR count). The van der Waals surface area contributed by atoms with E-state index in [1.54, 1.807) is 29.2 Å². The summed E-state index contributed by atoms with van der Waals surface area (Å²) >= 11 is 1.47. The van der Waals surface area contributed by atoms with E-state index in [0.29, 0.717) is 35.2 Å². The van der Waals surface area contributed by atoms with Gasteiger partial charge in [-0.2, -0.15) is 0 Å². The predicted octanol–water partition coefficient (Wildman–Crippen LogP) is 3.85. The molecule has 3 aromatic rings. The summed E-state index contributed by atoms with van der Waals surface area (Å²) in [6, 6.07) is 12.3. The lowest BCUT2D eigenvalue weighted by atomic mass is 10.1. The van der Waals surface area contributed by atoms with Crippen molar-refractivity contribution in [3.8, 4) is 5.75 Å². The molecule has 0 aliphatic carbocycles. The van der Waals surface area contributed by atoms with Crippen LogP contribution in [0, 0.1) is 0 Å². The summed E-state index contributed by atoms with van der Waals surface area (Å²) in [7, 11) is 1.33. The van der Waals surface area contributed by atoms with Crippen LogP contribution in [0.1, 0.15) is 34.1 Å². The highest BCUT2D eigenvalue weighted by atomic mass is 32.1. The minimum Gasteiger partial charge on any atom is -0.492 e. The van der Waals surface area contributed by atoms with E-state index in [1.165, 1.54) is 18.4 Å². The summed E-state index contributed by atoms with van der Waals surface area (Å²) in [5.74, 6) is 0.122. The number of carbonyl (C=O) groups is 2. The van der Waals surface area contributed by atoms with Gasteiger partial charge in [0.05, 0.1) is 37.2 Å². The minimum absolute atomic E-state index is 0.157. The van der Waals surface area contributed by atoms with Crippen molar-refractivity contribution in [2.75, 3.05) is 58.0 Å². The third kappa shape index (κ3) is 5.55. The van der Waals surface area contributed by atoms with Crippen molar-refractivity contribution in [2.45, 2.75) is 13.3 Å². The number of hydrogen-bond donors (Lipinski definition) is 0. The van der Waals surface area contributed by atoms with Crippen molar-refractivity contribution in [3.05, 3.63) is 53.6 Å². The van der Waals surface area contributed by atoms with Crippen LogP contribution < -0.4 is 9.64 Å². The SMILES string of the molecule is CCOc1cccc2sc(N(CCCN3CCOCC3)C(=O)c3ccc(C(=O)OC)cc3)nc12. The van der Waals surface area contributed by atoms with E-state index in [1.807, 2.05) is 25.1 Å². The number of esters is 1. The largest absolute Gasteiger partial charge is 0.492 e. The molecule has 0 spiro atoms. The van der Waals surface area contributed by atoms with Gasteiger partial charge in [0.25, 0.3) is 5.91 Å². The number of amides is 1. The highest BCUT2D eigenvalue weighted by Crippen LogP contribution is 2.35. The van der Waals surface area contributed by atoms with Crippen molar-refractivity contribution in [3.63, 3.8) is 0 Å². The first-order valence-electron chi connectivity index (χ1n) is 11.4. The maximum atomic E-state index is 13.6. The van der Waals surface area contributed by atoms with Gasteiger partial charge >= 0.3 is 5.97 Å². The fraction of sp³-hybridized carbons (Fsp3) is 0.400. The number of ether oxygens (including phenoxy) is 3. The molecule has 1 saturated heterocycles. The minimum atomic E-state index is -0.434. The van der Waals surface area contributed by atoms with Crippen molar-refractivity contribution < 1.29 is 23.8 Å². The van der Waals surface area contributed by atoms with Crippen molar-refractivity contribution >= 4 is 38.6 Å². The smallest absolute Gasteiger partial charge is 0.337 e. The number of nitrogens with zero attached hydrogens (tertiary/aromatic N) is 3. The number of rotatable bonds is 9. The molecule has 1 aliphatic heterocycles. The number of thiazole rings is 1. The molecule has 9 heteroatoms. The standard InChI is InChI=1S/C25H29N3O5S/c1-3-33-20-6-4-7-21-22(20)26-25(34-21)28(13-5-12-27-14-16-32-17-15-27)23(29)18-8-10-19(11-9-18)24(30)31-2/h4,6-11H,3,5,12-17H2,1-2H3. The molecule has 0 atom stereocenters. The zero-order valence-corrected chi connectivity index (χ0v) is 20.3. The predicted molar refractivity (Wildman–Crippen MR) is 132 cm³/mol. The van der Waals surface area contributed by atoms with Gasteiger partial charge in [0.1, 0.15) is 11.3 Å². The Morgan fingerprint density at radius 3 is 2.56 bits per heavy atom. The van der Waals surface area contributed by atoms with Crippen LogP contribution in [0.2, 0.25) is 0 Å². The first-order valence-corrected chi connectivity index (χ1v) is 12.2. The first kappa shape index (κ1) is 24.1. The van der Waals surface area contributed by atoms with Gasteiger partial charge in [-0.05, 0) is 49.7 Å². The maximum Gasteiger partial charge on any atom is 0.337 e. The van der Waals surface area contributed by atoms with Crippen LogP contribution in [-0.2, 0) is 9.47 Å². The molecule has 1 aliphatic rings. The third-order valence-electron chi connectivity index (χ3n) is 5.66. The number of fused-ring (bicyclic) bond motifs is 1. The van der Waals surface area contributed by atoms with E-state index in [4.69, 9.17) is 19.2 Å². The number of morpholine rings is 1. The fourth-order valence-corrected chi connectivity index (χ4v) is 4.89. The number of methoxy groups -OCH3 is 1. The van der Waals surface area contributed by atoms with E-state index in [9.17, 15) is 9.59 Å². The molecule has 2 aromatic carbocycles. The molecule has 0 unspecified atom stereocenters. The van der Waals surface area contributed by atoms with Gasteiger partial charge in [0, 0.05) is 31.7 Å². The molecule has 0 bridgehead atoms. The molecule has 0 N–H and O–H groups in total. The lowest BCUT2D eigenvalue weighted by molar-refractivity contribution is 0.0376. The van der Waals surface area contributed by atoms with Crippen LogP contribution >= 0.6 is 11.3 Å². The second-order valence-corrected chi connectivity index (χ2v) is 8.87. The van der Waals surface area contributed by atoms with Crippen LogP contribution in [0.4, 0.5) is 5.13 Å². The van der Waals surface area contributed by atoms with Crippen LogP contribution in [0.25, 0.3) is 10.2 Å². The first-order chi connectivity index (χ1) is 16.6. The molecular formula is C25H29N3O5S. The fourth-order valence-electron chi connectivity index (χ4n) is 3.88. The molecule has 1 aromatic heterocycles. The Balaban J connectivity index is 1.59.